The van der Waals surface area contributed by atoms with Crippen LogP contribution in [0.25, 0.3) is 5.57 Å². The average Bonchev–Trinajstić information content (AvgIpc) is 2.50. The van der Waals surface area contributed by atoms with E-state index < -0.39 is 24.8 Å². The Labute approximate surface area is 134 Å². The van der Waals surface area contributed by atoms with Gasteiger partial charge in [-0.2, -0.15) is 13.2 Å². The maximum atomic E-state index is 13.0. The monoisotopic (exact) mass is 332 g/mol. The number of halogens is 3. The Bertz CT molecular complexity index is 565. The normalized spacial score (nSPS) is 15.7. The predicted molar refractivity (Wildman–Crippen MR) is 83.4 cm³/mol. The number of ether oxygens (including phenoxy) is 1. The minimum atomic E-state index is -4.93. The van der Waals surface area contributed by atoms with Crippen molar-refractivity contribution in [3.8, 4) is 5.75 Å². The topological polar surface area (TPSA) is 49.7 Å². The molecule has 2 N–H and O–H groups in total. The number of allylic oxidation sites excluding steroid dienone is 1. The van der Waals surface area contributed by atoms with E-state index in [1.165, 1.54) is 13.2 Å². The van der Waals surface area contributed by atoms with E-state index in [0.29, 0.717) is 11.3 Å². The van der Waals surface area contributed by atoms with Gasteiger partial charge in [-0.15, -0.1) is 0 Å². The SMILES string of the molecule is C/C=C(/CC(O)(CO)C(F)(F)F)c1ccc(C(C)C)cc1OC. The van der Waals surface area contributed by atoms with Gasteiger partial charge in [0.2, 0.25) is 0 Å². The van der Waals surface area contributed by atoms with E-state index in [1.807, 2.05) is 19.9 Å². The molecule has 23 heavy (non-hydrogen) atoms. The van der Waals surface area contributed by atoms with E-state index in [4.69, 9.17) is 9.84 Å². The molecular formula is C17H23F3O3. The fourth-order valence-electron chi connectivity index (χ4n) is 2.25. The zero-order chi connectivity index (χ0) is 17.8. The van der Waals surface area contributed by atoms with E-state index >= 15 is 0 Å². The molecule has 0 aliphatic carbocycles. The Hall–Kier alpha value is -1.53. The highest BCUT2D eigenvalue weighted by molar-refractivity contribution is 5.71. The van der Waals surface area contributed by atoms with Gasteiger partial charge in [0.15, 0.2) is 5.60 Å². The molecule has 0 saturated heterocycles. The highest BCUT2D eigenvalue weighted by atomic mass is 19.4. The van der Waals surface area contributed by atoms with Gasteiger partial charge in [-0.05, 0) is 30.0 Å². The van der Waals surface area contributed by atoms with Crippen LogP contribution in [0.2, 0.25) is 0 Å². The van der Waals surface area contributed by atoms with E-state index in [1.54, 1.807) is 19.1 Å². The maximum absolute atomic E-state index is 13.0. The van der Waals surface area contributed by atoms with Crippen molar-refractivity contribution in [2.75, 3.05) is 13.7 Å². The Morgan fingerprint density at radius 2 is 1.91 bits per heavy atom. The molecule has 0 aliphatic rings. The van der Waals surface area contributed by atoms with E-state index in [-0.39, 0.29) is 11.5 Å². The second kappa shape index (κ2) is 7.36. The van der Waals surface area contributed by atoms with Gasteiger partial charge in [-0.3, -0.25) is 0 Å². The second-order valence-corrected chi connectivity index (χ2v) is 5.79. The summed E-state index contributed by atoms with van der Waals surface area (Å²) in [5.41, 5.74) is -1.47. The van der Waals surface area contributed by atoms with Gasteiger partial charge in [-0.1, -0.05) is 32.1 Å². The number of benzene rings is 1. The molecule has 6 heteroatoms. The van der Waals surface area contributed by atoms with Gasteiger partial charge < -0.3 is 14.9 Å². The van der Waals surface area contributed by atoms with Crippen molar-refractivity contribution in [1.29, 1.82) is 0 Å². The lowest BCUT2D eigenvalue weighted by Gasteiger charge is -2.30. The van der Waals surface area contributed by atoms with Gasteiger partial charge in [0.1, 0.15) is 5.75 Å². The van der Waals surface area contributed by atoms with Crippen LogP contribution in [0.5, 0.6) is 5.75 Å². The molecule has 0 bridgehead atoms. The summed E-state index contributed by atoms with van der Waals surface area (Å²) in [7, 11) is 1.44. The Kier molecular flexibility index (Phi) is 6.25. The fraction of sp³-hybridized carbons (Fsp3) is 0.529. The molecule has 3 nitrogen and oxygen atoms in total. The highest BCUT2D eigenvalue weighted by Gasteiger charge is 2.53. The number of alkyl halides is 3. The molecule has 0 aliphatic heterocycles. The van der Waals surface area contributed by atoms with Crippen LogP contribution in [-0.2, 0) is 0 Å². The van der Waals surface area contributed by atoms with Crippen LogP contribution >= 0.6 is 0 Å². The summed E-state index contributed by atoms with van der Waals surface area (Å²) in [5, 5.41) is 18.8. The van der Waals surface area contributed by atoms with Crippen LogP contribution in [0.4, 0.5) is 13.2 Å². The number of methoxy groups -OCH3 is 1. The predicted octanol–water partition coefficient (Wildman–Crippen LogP) is 3.90. The van der Waals surface area contributed by atoms with E-state index in [2.05, 4.69) is 0 Å². The first-order valence-corrected chi connectivity index (χ1v) is 7.33. The number of aliphatic hydroxyl groups excluding tert-OH is 1. The molecule has 0 heterocycles. The molecule has 1 rings (SSSR count). The summed E-state index contributed by atoms with van der Waals surface area (Å²) in [6.07, 6.45) is -4.19. The Morgan fingerprint density at radius 1 is 1.30 bits per heavy atom. The molecule has 0 radical (unpaired) electrons. The van der Waals surface area contributed by atoms with Crippen LogP contribution in [0.3, 0.4) is 0 Å². The largest absolute Gasteiger partial charge is 0.496 e. The standard InChI is InChI=1S/C17H23F3O3/c1-5-12(9-16(22,10-21)17(18,19)20)14-7-6-13(11(2)3)8-15(14)23-4/h5-8,11,21-22H,9-10H2,1-4H3/b12-5-. The van der Waals surface area contributed by atoms with Crippen molar-refractivity contribution in [3.05, 3.63) is 35.4 Å². The van der Waals surface area contributed by atoms with Crippen LogP contribution < -0.4 is 4.74 Å². The van der Waals surface area contributed by atoms with Crippen LogP contribution in [0.15, 0.2) is 24.3 Å². The number of aliphatic hydroxyl groups is 2. The lowest BCUT2D eigenvalue weighted by atomic mass is 9.88. The zero-order valence-corrected chi connectivity index (χ0v) is 13.7. The Morgan fingerprint density at radius 3 is 2.30 bits per heavy atom. The molecule has 0 saturated carbocycles. The van der Waals surface area contributed by atoms with E-state index in [9.17, 15) is 18.3 Å². The zero-order valence-electron chi connectivity index (χ0n) is 13.7. The summed E-state index contributed by atoms with van der Waals surface area (Å²) in [4.78, 5) is 0. The molecule has 1 aromatic carbocycles. The smallest absolute Gasteiger partial charge is 0.419 e. The lowest BCUT2D eigenvalue weighted by Crippen LogP contribution is -2.48. The van der Waals surface area contributed by atoms with Gasteiger partial charge in [0.25, 0.3) is 0 Å². The minimum Gasteiger partial charge on any atom is -0.496 e. The first-order valence-electron chi connectivity index (χ1n) is 7.33. The first-order chi connectivity index (χ1) is 10.6. The van der Waals surface area contributed by atoms with Crippen molar-refractivity contribution < 1.29 is 28.1 Å². The Balaban J connectivity index is 3.27. The van der Waals surface area contributed by atoms with Crippen molar-refractivity contribution in [1.82, 2.24) is 0 Å². The third kappa shape index (κ3) is 4.26. The summed E-state index contributed by atoms with van der Waals surface area (Å²) in [6, 6.07) is 5.27. The van der Waals surface area contributed by atoms with E-state index in [0.717, 1.165) is 5.56 Å². The van der Waals surface area contributed by atoms with Crippen LogP contribution in [0, 0.1) is 0 Å². The fourth-order valence-corrected chi connectivity index (χ4v) is 2.25. The van der Waals surface area contributed by atoms with Gasteiger partial charge in [0, 0.05) is 12.0 Å². The molecular weight excluding hydrogens is 309 g/mol. The third-order valence-electron chi connectivity index (χ3n) is 3.86. The quantitative estimate of drug-likeness (QED) is 0.831. The van der Waals surface area contributed by atoms with Crippen molar-refractivity contribution in [2.24, 2.45) is 0 Å². The van der Waals surface area contributed by atoms with Crippen LogP contribution in [0.1, 0.15) is 44.2 Å². The second-order valence-electron chi connectivity index (χ2n) is 5.79. The maximum Gasteiger partial charge on any atom is 0.419 e. The number of hydrogen-bond acceptors (Lipinski definition) is 3. The lowest BCUT2D eigenvalue weighted by molar-refractivity contribution is -0.268. The molecule has 0 aromatic heterocycles. The first kappa shape index (κ1) is 19.5. The molecule has 1 atom stereocenters. The summed E-state index contributed by atoms with van der Waals surface area (Å²) in [5.74, 6) is 0.684. The minimum absolute atomic E-state index is 0.247. The average molecular weight is 332 g/mol. The van der Waals surface area contributed by atoms with Crippen molar-refractivity contribution >= 4 is 5.57 Å². The number of rotatable bonds is 6. The third-order valence-corrected chi connectivity index (χ3v) is 3.86. The van der Waals surface area contributed by atoms with Gasteiger partial charge >= 0.3 is 6.18 Å². The van der Waals surface area contributed by atoms with Crippen LogP contribution in [-0.4, -0.2) is 35.7 Å². The van der Waals surface area contributed by atoms with Gasteiger partial charge in [0.05, 0.1) is 13.7 Å². The molecule has 0 spiro atoms. The molecule has 1 unspecified atom stereocenters. The van der Waals surface area contributed by atoms with Crippen molar-refractivity contribution in [2.45, 2.75) is 44.9 Å². The summed E-state index contributed by atoms with van der Waals surface area (Å²) < 4.78 is 44.3. The summed E-state index contributed by atoms with van der Waals surface area (Å²) in [6.45, 7) is 4.18. The van der Waals surface area contributed by atoms with Gasteiger partial charge in [-0.25, -0.2) is 0 Å². The highest BCUT2D eigenvalue weighted by Crippen LogP contribution is 2.40. The summed E-state index contributed by atoms with van der Waals surface area (Å²) >= 11 is 0. The number of hydrogen-bond donors (Lipinski definition) is 2. The molecule has 0 fully saturated rings. The van der Waals surface area contributed by atoms with Crippen molar-refractivity contribution in [3.63, 3.8) is 0 Å². The molecule has 0 amide bonds. The molecule has 1 aromatic rings. The molecule has 130 valence electrons.